The van der Waals surface area contributed by atoms with Crippen LogP contribution in [0.15, 0.2) is 39.9 Å². The Morgan fingerprint density at radius 2 is 2.08 bits per heavy atom. The van der Waals surface area contributed by atoms with E-state index in [-0.39, 0.29) is 28.3 Å². The lowest BCUT2D eigenvalue weighted by Gasteiger charge is -2.03. The van der Waals surface area contributed by atoms with Gasteiger partial charge in [-0.2, -0.15) is 5.10 Å². The summed E-state index contributed by atoms with van der Waals surface area (Å²) in [5, 5.41) is 24.4. The Balaban J connectivity index is 1.75. The minimum absolute atomic E-state index is 0.0760. The Morgan fingerprint density at radius 3 is 2.84 bits per heavy atom. The van der Waals surface area contributed by atoms with E-state index in [1.807, 2.05) is 0 Å². The molecule has 1 heterocycles. The molecule has 0 bridgehead atoms. The number of phenols is 1. The second kappa shape index (κ2) is 6.77. The number of fused-ring (bicyclic) bond motifs is 1. The van der Waals surface area contributed by atoms with E-state index in [0.717, 1.165) is 18.3 Å². The highest BCUT2D eigenvalue weighted by molar-refractivity contribution is 9.10. The fourth-order valence-corrected chi connectivity index (χ4v) is 2.54. The number of nitrogens with one attached hydrogen (secondary N) is 1. The Kier molecular flexibility index (Phi) is 4.52. The third-order valence-electron chi connectivity index (χ3n) is 3.29. The number of ether oxygens (including phenoxy) is 2. The van der Waals surface area contributed by atoms with E-state index in [4.69, 9.17) is 9.47 Å². The third-order valence-corrected chi connectivity index (χ3v) is 3.90. The van der Waals surface area contributed by atoms with Gasteiger partial charge in [0, 0.05) is 23.3 Å². The highest BCUT2D eigenvalue weighted by Gasteiger charge is 2.16. The SMILES string of the molecule is O=C(NN=Cc1cc([N+](=O)[O-])cc(Br)c1O)c1ccc2c(c1)OCO2. The summed E-state index contributed by atoms with van der Waals surface area (Å²) in [5.74, 6) is 0.258. The first-order valence-electron chi connectivity index (χ1n) is 6.85. The maximum absolute atomic E-state index is 12.1. The number of amides is 1. The lowest BCUT2D eigenvalue weighted by atomic mass is 10.2. The monoisotopic (exact) mass is 407 g/mol. The molecule has 0 spiro atoms. The fourth-order valence-electron chi connectivity index (χ4n) is 2.07. The molecule has 0 aliphatic carbocycles. The topological polar surface area (TPSA) is 123 Å². The number of carbonyl (C=O) groups excluding carboxylic acids is 1. The van der Waals surface area contributed by atoms with Crippen molar-refractivity contribution in [1.29, 1.82) is 0 Å². The number of hydrogen-bond donors (Lipinski definition) is 2. The first-order chi connectivity index (χ1) is 12.0. The molecule has 0 radical (unpaired) electrons. The molecule has 2 aromatic rings. The van der Waals surface area contributed by atoms with Gasteiger partial charge in [0.15, 0.2) is 11.5 Å². The summed E-state index contributed by atoms with van der Waals surface area (Å²) in [6.45, 7) is 0.0967. The number of nitrogens with zero attached hydrogens (tertiary/aromatic N) is 2. The molecule has 0 fully saturated rings. The van der Waals surface area contributed by atoms with Crippen LogP contribution in [0.3, 0.4) is 0 Å². The van der Waals surface area contributed by atoms with Crippen LogP contribution in [0, 0.1) is 10.1 Å². The summed E-state index contributed by atoms with van der Waals surface area (Å²) in [5.41, 5.74) is 2.42. The van der Waals surface area contributed by atoms with E-state index in [2.05, 4.69) is 26.5 Å². The number of nitro groups is 1. The van der Waals surface area contributed by atoms with Gasteiger partial charge in [0.25, 0.3) is 11.6 Å². The maximum atomic E-state index is 12.1. The second-order valence-electron chi connectivity index (χ2n) is 4.89. The smallest absolute Gasteiger partial charge is 0.271 e. The average molecular weight is 408 g/mol. The van der Waals surface area contributed by atoms with Crippen LogP contribution in [-0.4, -0.2) is 28.9 Å². The molecule has 2 aromatic carbocycles. The number of rotatable bonds is 4. The van der Waals surface area contributed by atoms with E-state index in [1.54, 1.807) is 12.1 Å². The summed E-state index contributed by atoms with van der Waals surface area (Å²) in [6, 6.07) is 6.95. The van der Waals surface area contributed by atoms with Crippen LogP contribution in [0.4, 0.5) is 5.69 Å². The van der Waals surface area contributed by atoms with Gasteiger partial charge >= 0.3 is 0 Å². The molecule has 2 N–H and O–H groups in total. The molecule has 1 amide bonds. The van der Waals surface area contributed by atoms with E-state index in [9.17, 15) is 20.0 Å². The molecule has 0 saturated heterocycles. The molecule has 25 heavy (non-hydrogen) atoms. The zero-order chi connectivity index (χ0) is 18.0. The quantitative estimate of drug-likeness (QED) is 0.455. The Bertz CT molecular complexity index is 899. The van der Waals surface area contributed by atoms with Crippen molar-refractivity contribution in [1.82, 2.24) is 5.43 Å². The Labute approximate surface area is 149 Å². The minimum Gasteiger partial charge on any atom is -0.506 e. The predicted molar refractivity (Wildman–Crippen MR) is 90.1 cm³/mol. The standard InChI is InChI=1S/C15H10BrN3O6/c16-11-5-10(19(22)23)3-9(14(11)20)6-17-18-15(21)8-1-2-12-13(4-8)25-7-24-12/h1-6,20H,7H2,(H,18,21). The van der Waals surface area contributed by atoms with E-state index >= 15 is 0 Å². The second-order valence-corrected chi connectivity index (χ2v) is 5.74. The molecule has 10 heteroatoms. The van der Waals surface area contributed by atoms with Crippen molar-refractivity contribution in [3.8, 4) is 17.2 Å². The number of nitro benzene ring substituents is 1. The van der Waals surface area contributed by atoms with Gasteiger partial charge in [-0.15, -0.1) is 0 Å². The normalized spacial score (nSPS) is 12.4. The van der Waals surface area contributed by atoms with Gasteiger partial charge in [-0.3, -0.25) is 14.9 Å². The summed E-state index contributed by atoms with van der Waals surface area (Å²) in [6.07, 6.45) is 1.11. The fraction of sp³-hybridized carbons (Fsp3) is 0.0667. The molecule has 0 saturated carbocycles. The van der Waals surface area contributed by atoms with Gasteiger partial charge in [-0.25, -0.2) is 5.43 Å². The van der Waals surface area contributed by atoms with Crippen molar-refractivity contribution < 1.29 is 24.3 Å². The van der Waals surface area contributed by atoms with Crippen LogP contribution in [0.5, 0.6) is 17.2 Å². The summed E-state index contributed by atoms with van der Waals surface area (Å²) in [4.78, 5) is 22.3. The zero-order valence-corrected chi connectivity index (χ0v) is 14.0. The zero-order valence-electron chi connectivity index (χ0n) is 12.4. The van der Waals surface area contributed by atoms with Crippen LogP contribution in [0.25, 0.3) is 0 Å². The van der Waals surface area contributed by atoms with Crippen molar-refractivity contribution in [2.45, 2.75) is 0 Å². The van der Waals surface area contributed by atoms with Crippen molar-refractivity contribution in [3.05, 3.63) is 56.0 Å². The van der Waals surface area contributed by atoms with Gasteiger partial charge < -0.3 is 14.6 Å². The van der Waals surface area contributed by atoms with Crippen LogP contribution >= 0.6 is 15.9 Å². The van der Waals surface area contributed by atoms with Crippen molar-refractivity contribution in [2.75, 3.05) is 6.79 Å². The largest absolute Gasteiger partial charge is 0.506 e. The molecule has 1 aliphatic heterocycles. The number of benzene rings is 2. The third kappa shape index (κ3) is 3.53. The molecule has 9 nitrogen and oxygen atoms in total. The summed E-state index contributed by atoms with van der Waals surface area (Å²) < 4.78 is 10.5. The van der Waals surface area contributed by atoms with Gasteiger partial charge in [0.1, 0.15) is 5.75 Å². The van der Waals surface area contributed by atoms with E-state index in [1.165, 1.54) is 6.07 Å². The number of aromatic hydroxyl groups is 1. The molecule has 0 aromatic heterocycles. The number of carbonyl (C=O) groups is 1. The Morgan fingerprint density at radius 1 is 1.32 bits per heavy atom. The lowest BCUT2D eigenvalue weighted by molar-refractivity contribution is -0.385. The summed E-state index contributed by atoms with van der Waals surface area (Å²) >= 11 is 3.02. The van der Waals surface area contributed by atoms with Crippen molar-refractivity contribution in [3.63, 3.8) is 0 Å². The van der Waals surface area contributed by atoms with Crippen molar-refractivity contribution >= 4 is 33.7 Å². The Hall–Kier alpha value is -3.14. The maximum Gasteiger partial charge on any atom is 0.271 e. The summed E-state index contributed by atoms with van der Waals surface area (Å²) in [7, 11) is 0. The number of hydrazone groups is 1. The van der Waals surface area contributed by atoms with Crippen LogP contribution in [-0.2, 0) is 0 Å². The number of halogens is 1. The first kappa shape index (κ1) is 16.7. The molecular weight excluding hydrogens is 398 g/mol. The molecule has 128 valence electrons. The number of hydrogen-bond acceptors (Lipinski definition) is 7. The average Bonchev–Trinajstić information content (AvgIpc) is 3.05. The highest BCUT2D eigenvalue weighted by Crippen LogP contribution is 2.33. The van der Waals surface area contributed by atoms with Crippen LogP contribution < -0.4 is 14.9 Å². The number of non-ortho nitro benzene ring substituents is 1. The first-order valence-corrected chi connectivity index (χ1v) is 7.65. The van der Waals surface area contributed by atoms with Crippen LogP contribution in [0.1, 0.15) is 15.9 Å². The van der Waals surface area contributed by atoms with Gasteiger partial charge in [-0.05, 0) is 34.1 Å². The highest BCUT2D eigenvalue weighted by atomic mass is 79.9. The van der Waals surface area contributed by atoms with Gasteiger partial charge in [0.2, 0.25) is 6.79 Å². The molecule has 0 unspecified atom stereocenters. The van der Waals surface area contributed by atoms with Gasteiger partial charge in [0.05, 0.1) is 15.6 Å². The molecule has 1 aliphatic rings. The minimum atomic E-state index is -0.604. The lowest BCUT2D eigenvalue weighted by Crippen LogP contribution is -2.17. The number of phenolic OH excluding ortho intramolecular Hbond substituents is 1. The molecule has 3 rings (SSSR count). The van der Waals surface area contributed by atoms with Gasteiger partial charge in [-0.1, -0.05) is 0 Å². The molecular formula is C15H10BrN3O6. The molecule has 0 atom stereocenters. The van der Waals surface area contributed by atoms with Crippen LogP contribution in [0.2, 0.25) is 0 Å². The van der Waals surface area contributed by atoms with E-state index in [0.29, 0.717) is 17.1 Å². The van der Waals surface area contributed by atoms with E-state index < -0.39 is 10.8 Å². The predicted octanol–water partition coefficient (Wildman–Crippen LogP) is 2.56. The van der Waals surface area contributed by atoms with Crippen molar-refractivity contribution in [2.24, 2.45) is 5.10 Å².